The number of nitrogens with one attached hydrogen (secondary N) is 1. The average Bonchev–Trinajstić information content (AvgIpc) is 2.79. The second-order valence-corrected chi connectivity index (χ2v) is 4.50. The molecule has 2 heterocycles. The number of hydrogen-bond acceptors (Lipinski definition) is 4. The van der Waals surface area contributed by atoms with Crippen molar-refractivity contribution < 1.29 is 19.2 Å². The van der Waals surface area contributed by atoms with Gasteiger partial charge >= 0.3 is 6.03 Å². The molecule has 1 aliphatic carbocycles. The third kappa shape index (κ3) is 1.36. The van der Waals surface area contributed by atoms with E-state index >= 15 is 0 Å². The summed E-state index contributed by atoms with van der Waals surface area (Å²) in [7, 11) is 0. The second-order valence-electron chi connectivity index (χ2n) is 4.50. The zero-order valence-corrected chi connectivity index (χ0v) is 9.56. The topological polar surface area (TPSA) is 86.8 Å². The van der Waals surface area contributed by atoms with Gasteiger partial charge in [0.2, 0.25) is 5.91 Å². The Bertz CT molecular complexity index is 494. The van der Waals surface area contributed by atoms with Gasteiger partial charge in [0.05, 0.1) is 0 Å². The molecule has 3 aliphatic rings. The molecule has 1 N–H and O–H groups in total. The van der Waals surface area contributed by atoms with E-state index < -0.39 is 23.8 Å². The number of hydrazine groups is 1. The number of carbonyl (C=O) groups excluding carboxylic acids is 4. The largest absolute Gasteiger partial charge is 0.343 e. The highest BCUT2D eigenvalue weighted by Gasteiger charge is 2.46. The Hall–Kier alpha value is -2.18. The summed E-state index contributed by atoms with van der Waals surface area (Å²) in [6, 6.07) is -0.721. The number of amides is 5. The third-order valence-electron chi connectivity index (χ3n) is 3.38. The van der Waals surface area contributed by atoms with Crippen LogP contribution in [0.25, 0.3) is 0 Å². The standard InChI is InChI=1S/C11H11N3O4/c15-8-5-13(11(18)12-8)14-9(16)6-3-1-2-4-7(6)10(14)17/h1-5H2,(H,12,15,18). The number of urea groups is 1. The summed E-state index contributed by atoms with van der Waals surface area (Å²) >= 11 is 0. The summed E-state index contributed by atoms with van der Waals surface area (Å²) in [4.78, 5) is 46.8. The smallest absolute Gasteiger partial charge is 0.275 e. The molecule has 1 saturated heterocycles. The van der Waals surface area contributed by atoms with Crippen molar-refractivity contribution in [2.75, 3.05) is 6.54 Å². The Morgan fingerprint density at radius 1 is 0.889 bits per heavy atom. The lowest BCUT2D eigenvalue weighted by molar-refractivity contribution is -0.150. The van der Waals surface area contributed by atoms with Crippen LogP contribution in [0.1, 0.15) is 25.7 Å². The molecular formula is C11H11N3O4. The normalized spacial score (nSPS) is 24.0. The molecule has 0 bridgehead atoms. The number of hydrogen-bond donors (Lipinski definition) is 1. The molecule has 7 nitrogen and oxygen atoms in total. The third-order valence-corrected chi connectivity index (χ3v) is 3.38. The number of nitrogens with zero attached hydrogens (tertiary/aromatic N) is 2. The van der Waals surface area contributed by atoms with E-state index in [1.165, 1.54) is 0 Å². The van der Waals surface area contributed by atoms with E-state index in [0.717, 1.165) is 22.9 Å². The Labute approximate surface area is 102 Å². The molecule has 1 fully saturated rings. The Kier molecular flexibility index (Phi) is 2.22. The van der Waals surface area contributed by atoms with Crippen LogP contribution in [0.4, 0.5) is 4.79 Å². The summed E-state index contributed by atoms with van der Waals surface area (Å²) in [5.74, 6) is -1.43. The first-order valence-electron chi connectivity index (χ1n) is 5.81. The van der Waals surface area contributed by atoms with E-state index in [2.05, 4.69) is 0 Å². The monoisotopic (exact) mass is 249 g/mol. The molecule has 7 heteroatoms. The predicted octanol–water partition coefficient (Wildman–Crippen LogP) is -0.307. The minimum Gasteiger partial charge on any atom is -0.275 e. The van der Waals surface area contributed by atoms with Gasteiger partial charge in [0.15, 0.2) is 0 Å². The predicted molar refractivity (Wildman–Crippen MR) is 57.6 cm³/mol. The minimum atomic E-state index is -0.721. The van der Waals surface area contributed by atoms with Crippen LogP contribution in [0.15, 0.2) is 11.1 Å². The molecule has 2 aliphatic heterocycles. The van der Waals surface area contributed by atoms with Crippen LogP contribution in [0, 0.1) is 0 Å². The lowest BCUT2D eigenvalue weighted by atomic mass is 9.93. The molecule has 0 aromatic heterocycles. The number of imide groups is 2. The fourth-order valence-corrected chi connectivity index (χ4v) is 2.54. The van der Waals surface area contributed by atoms with Crippen molar-refractivity contribution in [3.63, 3.8) is 0 Å². The van der Waals surface area contributed by atoms with E-state index in [9.17, 15) is 19.2 Å². The molecule has 0 unspecified atom stereocenters. The first kappa shape index (κ1) is 10.9. The van der Waals surface area contributed by atoms with Crippen LogP contribution < -0.4 is 5.32 Å². The van der Waals surface area contributed by atoms with Crippen molar-refractivity contribution in [3.8, 4) is 0 Å². The molecule has 0 radical (unpaired) electrons. The van der Waals surface area contributed by atoms with Gasteiger partial charge in [-0.3, -0.25) is 19.7 Å². The van der Waals surface area contributed by atoms with Crippen molar-refractivity contribution in [2.24, 2.45) is 0 Å². The van der Waals surface area contributed by atoms with Gasteiger partial charge in [0, 0.05) is 11.1 Å². The first-order chi connectivity index (χ1) is 8.59. The van der Waals surface area contributed by atoms with Gasteiger partial charge in [-0.1, -0.05) is 0 Å². The Morgan fingerprint density at radius 3 is 1.89 bits per heavy atom. The van der Waals surface area contributed by atoms with Gasteiger partial charge in [-0.2, -0.15) is 5.01 Å². The highest BCUT2D eigenvalue weighted by Crippen LogP contribution is 2.33. The zero-order valence-electron chi connectivity index (χ0n) is 9.56. The van der Waals surface area contributed by atoms with E-state index in [-0.39, 0.29) is 6.54 Å². The lowest BCUT2D eigenvalue weighted by Crippen LogP contribution is -2.48. The molecule has 0 spiro atoms. The molecular weight excluding hydrogens is 238 g/mol. The maximum atomic E-state index is 12.1. The maximum absolute atomic E-state index is 12.1. The van der Waals surface area contributed by atoms with Crippen molar-refractivity contribution >= 4 is 23.8 Å². The van der Waals surface area contributed by atoms with Gasteiger partial charge in [-0.25, -0.2) is 9.80 Å². The van der Waals surface area contributed by atoms with Crippen LogP contribution in [0.3, 0.4) is 0 Å². The van der Waals surface area contributed by atoms with E-state index in [0.29, 0.717) is 24.0 Å². The van der Waals surface area contributed by atoms with Crippen molar-refractivity contribution in [3.05, 3.63) is 11.1 Å². The molecule has 0 aromatic carbocycles. The first-order valence-corrected chi connectivity index (χ1v) is 5.81. The van der Waals surface area contributed by atoms with E-state index in [1.54, 1.807) is 0 Å². The lowest BCUT2D eigenvalue weighted by Gasteiger charge is -2.23. The van der Waals surface area contributed by atoms with Crippen LogP contribution in [-0.4, -0.2) is 40.3 Å². The van der Waals surface area contributed by atoms with Crippen molar-refractivity contribution in [1.29, 1.82) is 0 Å². The highest BCUT2D eigenvalue weighted by molar-refractivity contribution is 6.20. The molecule has 94 valence electrons. The SMILES string of the molecule is O=C1CN(N2C(=O)C3=C(CCCC3)C2=O)C(=O)N1. The maximum Gasteiger partial charge on any atom is 0.343 e. The van der Waals surface area contributed by atoms with Crippen molar-refractivity contribution in [1.82, 2.24) is 15.3 Å². The summed E-state index contributed by atoms with van der Waals surface area (Å²) in [6.45, 7) is -0.281. The highest BCUT2D eigenvalue weighted by atomic mass is 16.2. The Morgan fingerprint density at radius 2 is 1.44 bits per heavy atom. The summed E-state index contributed by atoms with van der Waals surface area (Å²) < 4.78 is 0. The van der Waals surface area contributed by atoms with Gasteiger partial charge in [-0.05, 0) is 25.7 Å². The van der Waals surface area contributed by atoms with Crippen LogP contribution >= 0.6 is 0 Å². The zero-order chi connectivity index (χ0) is 12.9. The molecule has 0 saturated carbocycles. The van der Waals surface area contributed by atoms with E-state index in [4.69, 9.17) is 0 Å². The second kappa shape index (κ2) is 3.66. The van der Waals surface area contributed by atoms with E-state index in [1.807, 2.05) is 5.32 Å². The van der Waals surface area contributed by atoms with Gasteiger partial charge in [0.1, 0.15) is 6.54 Å². The fraction of sp³-hybridized carbons (Fsp3) is 0.455. The number of carbonyl (C=O) groups is 4. The average molecular weight is 249 g/mol. The summed E-state index contributed by atoms with van der Waals surface area (Å²) in [6.07, 6.45) is 2.88. The quantitative estimate of drug-likeness (QED) is 0.510. The van der Waals surface area contributed by atoms with Crippen LogP contribution in [-0.2, 0) is 14.4 Å². The van der Waals surface area contributed by atoms with Crippen LogP contribution in [0.2, 0.25) is 0 Å². The Balaban J connectivity index is 1.92. The van der Waals surface area contributed by atoms with Gasteiger partial charge < -0.3 is 0 Å². The van der Waals surface area contributed by atoms with Crippen LogP contribution in [0.5, 0.6) is 0 Å². The minimum absolute atomic E-state index is 0.281. The van der Waals surface area contributed by atoms with Gasteiger partial charge in [0.25, 0.3) is 11.8 Å². The molecule has 3 rings (SSSR count). The molecule has 0 aromatic rings. The van der Waals surface area contributed by atoms with Gasteiger partial charge in [-0.15, -0.1) is 0 Å². The number of rotatable bonds is 1. The summed E-state index contributed by atoms with van der Waals surface area (Å²) in [5, 5.41) is 3.73. The molecule has 18 heavy (non-hydrogen) atoms. The van der Waals surface area contributed by atoms with Crippen molar-refractivity contribution in [2.45, 2.75) is 25.7 Å². The summed E-state index contributed by atoms with van der Waals surface area (Å²) in [5.41, 5.74) is 0.997. The molecule has 5 amide bonds. The molecule has 0 atom stereocenters. The fourth-order valence-electron chi connectivity index (χ4n) is 2.54.